The topological polar surface area (TPSA) is 64.7 Å². The molecule has 0 aliphatic heterocycles. The maximum atomic E-state index is 12.5. The van der Waals surface area contributed by atoms with E-state index in [9.17, 15) is 4.79 Å². The van der Waals surface area contributed by atoms with E-state index in [2.05, 4.69) is 15.4 Å². The van der Waals surface area contributed by atoms with E-state index in [0.717, 1.165) is 16.7 Å². The van der Waals surface area contributed by atoms with Crippen molar-refractivity contribution in [3.05, 3.63) is 71.5 Å². The van der Waals surface area contributed by atoms with Crippen molar-refractivity contribution in [2.75, 3.05) is 5.32 Å². The van der Waals surface area contributed by atoms with Gasteiger partial charge in [-0.3, -0.25) is 10.1 Å². The molecule has 1 amide bonds. The molecule has 0 aliphatic carbocycles. The van der Waals surface area contributed by atoms with Crippen molar-refractivity contribution in [3.8, 4) is 5.69 Å². The molecule has 0 fully saturated rings. The van der Waals surface area contributed by atoms with Crippen LogP contribution in [0, 0.1) is 0 Å². The first-order chi connectivity index (χ1) is 12.1. The number of rotatable bonds is 3. The lowest BCUT2D eigenvalue weighted by atomic mass is 10.3. The number of hydrogen-bond donors (Lipinski definition) is 1. The summed E-state index contributed by atoms with van der Waals surface area (Å²) in [7, 11) is 1.83. The number of hydrogen-bond acceptors (Lipinski definition) is 3. The molecule has 2 aromatic heterocycles. The van der Waals surface area contributed by atoms with Crippen LogP contribution in [0.4, 0.5) is 5.95 Å². The molecule has 4 aromatic rings. The number of carbonyl (C=O) groups is 1. The Labute approximate surface area is 148 Å². The van der Waals surface area contributed by atoms with Crippen molar-refractivity contribution >= 4 is 34.5 Å². The largest absolute Gasteiger partial charge is 0.313 e. The molecule has 25 heavy (non-hydrogen) atoms. The SMILES string of the molecule is Cn1c(NC(=O)c2ccn(-c3ccccc3)n2)nc2cc(Cl)ccc21. The van der Waals surface area contributed by atoms with E-state index in [1.54, 1.807) is 33.6 Å². The Morgan fingerprint density at radius 2 is 1.92 bits per heavy atom. The quantitative estimate of drug-likeness (QED) is 0.612. The zero-order valence-corrected chi connectivity index (χ0v) is 14.1. The molecule has 0 saturated heterocycles. The number of amides is 1. The van der Waals surface area contributed by atoms with E-state index in [0.29, 0.717) is 16.7 Å². The summed E-state index contributed by atoms with van der Waals surface area (Å²) in [5.41, 5.74) is 2.81. The van der Waals surface area contributed by atoms with Crippen molar-refractivity contribution in [3.63, 3.8) is 0 Å². The number of nitrogens with zero attached hydrogens (tertiary/aromatic N) is 4. The summed E-state index contributed by atoms with van der Waals surface area (Å²) >= 11 is 5.99. The number of aryl methyl sites for hydroxylation is 1. The summed E-state index contributed by atoms with van der Waals surface area (Å²) in [6.45, 7) is 0. The fraction of sp³-hybridized carbons (Fsp3) is 0.0556. The number of para-hydroxylation sites is 1. The molecular formula is C18H14ClN5O. The first kappa shape index (κ1) is 15.4. The number of nitrogens with one attached hydrogen (secondary N) is 1. The Bertz CT molecular complexity index is 1070. The Hall–Kier alpha value is -3.12. The highest BCUT2D eigenvalue weighted by Gasteiger charge is 2.15. The molecule has 4 rings (SSSR count). The van der Waals surface area contributed by atoms with Gasteiger partial charge in [0.1, 0.15) is 0 Å². The van der Waals surface area contributed by atoms with E-state index in [-0.39, 0.29) is 5.91 Å². The number of anilines is 1. The summed E-state index contributed by atoms with van der Waals surface area (Å²) in [4.78, 5) is 16.9. The summed E-state index contributed by atoms with van der Waals surface area (Å²) in [6, 6.07) is 16.7. The Morgan fingerprint density at radius 1 is 1.12 bits per heavy atom. The summed E-state index contributed by atoms with van der Waals surface area (Å²) in [5, 5.41) is 7.72. The van der Waals surface area contributed by atoms with Gasteiger partial charge in [0.05, 0.1) is 16.7 Å². The minimum absolute atomic E-state index is 0.314. The number of fused-ring (bicyclic) bond motifs is 1. The molecular weight excluding hydrogens is 338 g/mol. The zero-order chi connectivity index (χ0) is 17.4. The van der Waals surface area contributed by atoms with Gasteiger partial charge in [-0.05, 0) is 36.4 Å². The summed E-state index contributed by atoms with van der Waals surface area (Å²) in [6.07, 6.45) is 1.75. The highest BCUT2D eigenvalue weighted by atomic mass is 35.5. The third-order valence-electron chi connectivity index (χ3n) is 3.91. The first-order valence-corrected chi connectivity index (χ1v) is 8.04. The highest BCUT2D eigenvalue weighted by Crippen LogP contribution is 2.22. The van der Waals surface area contributed by atoms with Crippen LogP contribution in [0.25, 0.3) is 16.7 Å². The van der Waals surface area contributed by atoms with Crippen LogP contribution in [0.15, 0.2) is 60.8 Å². The number of benzene rings is 2. The molecule has 0 atom stereocenters. The van der Waals surface area contributed by atoms with E-state index in [1.807, 2.05) is 43.4 Å². The van der Waals surface area contributed by atoms with Crippen LogP contribution in [0.1, 0.15) is 10.5 Å². The predicted molar refractivity (Wildman–Crippen MR) is 97.2 cm³/mol. The third-order valence-corrected chi connectivity index (χ3v) is 4.15. The van der Waals surface area contributed by atoms with Crippen molar-refractivity contribution in [1.29, 1.82) is 0 Å². The van der Waals surface area contributed by atoms with Gasteiger partial charge in [-0.25, -0.2) is 9.67 Å². The van der Waals surface area contributed by atoms with Gasteiger partial charge in [0.15, 0.2) is 5.69 Å². The molecule has 1 N–H and O–H groups in total. The van der Waals surface area contributed by atoms with Crippen molar-refractivity contribution in [1.82, 2.24) is 19.3 Å². The maximum absolute atomic E-state index is 12.5. The normalized spacial score (nSPS) is 11.0. The van der Waals surface area contributed by atoms with Gasteiger partial charge < -0.3 is 4.57 Å². The molecule has 6 nitrogen and oxygen atoms in total. The molecule has 124 valence electrons. The molecule has 2 aromatic carbocycles. The van der Waals surface area contributed by atoms with Crippen LogP contribution in [-0.4, -0.2) is 25.2 Å². The molecule has 0 unspecified atom stereocenters. The highest BCUT2D eigenvalue weighted by molar-refractivity contribution is 6.31. The number of carbonyl (C=O) groups excluding carboxylic acids is 1. The van der Waals surface area contributed by atoms with Gasteiger partial charge in [0.25, 0.3) is 5.91 Å². The fourth-order valence-electron chi connectivity index (χ4n) is 2.62. The number of aromatic nitrogens is 4. The average Bonchev–Trinajstić information content (AvgIpc) is 3.22. The zero-order valence-electron chi connectivity index (χ0n) is 13.3. The first-order valence-electron chi connectivity index (χ1n) is 7.66. The monoisotopic (exact) mass is 351 g/mol. The molecule has 0 spiro atoms. The second kappa shape index (κ2) is 6.07. The average molecular weight is 352 g/mol. The third kappa shape index (κ3) is 2.88. The van der Waals surface area contributed by atoms with Crippen LogP contribution in [-0.2, 0) is 7.05 Å². The van der Waals surface area contributed by atoms with Gasteiger partial charge >= 0.3 is 0 Å². The second-order valence-electron chi connectivity index (χ2n) is 5.56. The summed E-state index contributed by atoms with van der Waals surface area (Å²) < 4.78 is 3.46. The van der Waals surface area contributed by atoms with Crippen LogP contribution in [0.2, 0.25) is 5.02 Å². The predicted octanol–water partition coefficient (Wildman–Crippen LogP) is 3.66. The van der Waals surface area contributed by atoms with E-state index >= 15 is 0 Å². The lowest BCUT2D eigenvalue weighted by molar-refractivity contribution is 0.102. The Kier molecular flexibility index (Phi) is 3.74. The lowest BCUT2D eigenvalue weighted by Gasteiger charge is -2.03. The molecule has 7 heteroatoms. The maximum Gasteiger partial charge on any atom is 0.278 e. The van der Waals surface area contributed by atoms with Crippen LogP contribution < -0.4 is 5.32 Å². The van der Waals surface area contributed by atoms with Gasteiger partial charge in [-0.1, -0.05) is 29.8 Å². The second-order valence-corrected chi connectivity index (χ2v) is 6.00. The van der Waals surface area contributed by atoms with Crippen molar-refractivity contribution in [2.24, 2.45) is 7.05 Å². The molecule has 0 aliphatic rings. The number of imidazole rings is 1. The fourth-order valence-corrected chi connectivity index (χ4v) is 2.79. The van der Waals surface area contributed by atoms with Crippen molar-refractivity contribution < 1.29 is 4.79 Å². The minimum atomic E-state index is -0.320. The van der Waals surface area contributed by atoms with E-state index < -0.39 is 0 Å². The van der Waals surface area contributed by atoms with Crippen LogP contribution in [0.5, 0.6) is 0 Å². The summed E-state index contributed by atoms with van der Waals surface area (Å²) in [5.74, 6) is 0.121. The van der Waals surface area contributed by atoms with E-state index in [4.69, 9.17) is 11.6 Å². The van der Waals surface area contributed by atoms with Gasteiger partial charge in [0.2, 0.25) is 5.95 Å². The lowest BCUT2D eigenvalue weighted by Crippen LogP contribution is -2.16. The minimum Gasteiger partial charge on any atom is -0.313 e. The smallest absolute Gasteiger partial charge is 0.278 e. The number of halogens is 1. The van der Waals surface area contributed by atoms with Crippen LogP contribution >= 0.6 is 11.6 Å². The standard InChI is InChI=1S/C18H14ClN5O/c1-23-16-8-7-12(19)11-15(16)20-18(23)21-17(25)14-9-10-24(22-14)13-5-3-2-4-6-13/h2-11H,1H3,(H,20,21,25). The van der Waals surface area contributed by atoms with Crippen molar-refractivity contribution in [2.45, 2.75) is 0 Å². The molecule has 0 saturated carbocycles. The van der Waals surface area contributed by atoms with Gasteiger partial charge in [0, 0.05) is 18.3 Å². The molecule has 0 radical (unpaired) electrons. The van der Waals surface area contributed by atoms with Gasteiger partial charge in [-0.15, -0.1) is 0 Å². The Morgan fingerprint density at radius 3 is 2.72 bits per heavy atom. The van der Waals surface area contributed by atoms with Crippen LogP contribution in [0.3, 0.4) is 0 Å². The Balaban J connectivity index is 1.60. The van der Waals surface area contributed by atoms with Gasteiger partial charge in [-0.2, -0.15) is 5.10 Å². The molecule has 2 heterocycles. The van der Waals surface area contributed by atoms with E-state index in [1.165, 1.54) is 0 Å². The molecule has 0 bridgehead atoms.